The molecule has 0 amide bonds. The lowest BCUT2D eigenvalue weighted by Gasteiger charge is -2.12. The molecule has 1 rings (SSSR count). The van der Waals surface area contributed by atoms with E-state index in [1.54, 1.807) is 0 Å². The van der Waals surface area contributed by atoms with Gasteiger partial charge >= 0.3 is 0 Å². The summed E-state index contributed by atoms with van der Waals surface area (Å²) in [5.74, 6) is 0.171. The van der Waals surface area contributed by atoms with E-state index in [4.69, 9.17) is 5.73 Å². The highest BCUT2D eigenvalue weighted by molar-refractivity contribution is 7.91. The third-order valence-electron chi connectivity index (χ3n) is 2.05. The van der Waals surface area contributed by atoms with E-state index < -0.39 is 15.9 Å². The van der Waals surface area contributed by atoms with Crippen LogP contribution in [0.2, 0.25) is 0 Å². The predicted octanol–water partition coefficient (Wildman–Crippen LogP) is -1.26. The van der Waals surface area contributed by atoms with Crippen LogP contribution in [0.4, 0.5) is 0 Å². The Kier molecular flexibility index (Phi) is 2.51. The Hall–Kier alpha value is -0.130. The Balaban J connectivity index is 2.55. The van der Waals surface area contributed by atoms with Gasteiger partial charge in [0.1, 0.15) is 0 Å². The fraction of sp³-hybridized carbons (Fsp3) is 1.00. The summed E-state index contributed by atoms with van der Waals surface area (Å²) in [4.78, 5) is 0. The van der Waals surface area contributed by atoms with Crippen molar-refractivity contribution in [1.29, 1.82) is 0 Å². The van der Waals surface area contributed by atoms with Crippen LogP contribution in [0.5, 0.6) is 0 Å². The van der Waals surface area contributed by atoms with E-state index in [0.717, 1.165) is 0 Å². The summed E-state index contributed by atoms with van der Waals surface area (Å²) in [6, 6.07) is 0. The topological polar surface area (TPSA) is 80.4 Å². The molecule has 11 heavy (non-hydrogen) atoms. The van der Waals surface area contributed by atoms with Gasteiger partial charge in [-0.1, -0.05) is 0 Å². The molecule has 3 N–H and O–H groups in total. The fourth-order valence-electron chi connectivity index (χ4n) is 1.32. The van der Waals surface area contributed by atoms with Crippen LogP contribution in [-0.4, -0.2) is 37.7 Å². The van der Waals surface area contributed by atoms with Crippen LogP contribution >= 0.6 is 0 Å². The van der Waals surface area contributed by atoms with Gasteiger partial charge in [0.2, 0.25) is 0 Å². The molecule has 0 bridgehead atoms. The van der Waals surface area contributed by atoms with Crippen molar-refractivity contribution < 1.29 is 13.5 Å². The number of rotatable bonds is 2. The molecule has 1 unspecified atom stereocenters. The number of hydrogen-bond donors (Lipinski definition) is 2. The lowest BCUT2D eigenvalue weighted by molar-refractivity contribution is 0.128. The first-order valence-electron chi connectivity index (χ1n) is 3.64. The van der Waals surface area contributed by atoms with E-state index in [1.807, 2.05) is 0 Å². The van der Waals surface area contributed by atoms with Crippen molar-refractivity contribution in [1.82, 2.24) is 0 Å². The molecule has 66 valence electrons. The van der Waals surface area contributed by atoms with Crippen molar-refractivity contribution in [2.24, 2.45) is 11.7 Å². The standard InChI is InChI=1S/C6H13NO3S/c7-3-6(8)5-1-2-11(9,10)4-5/h5-6,8H,1-4,7H2/t5?,6-/m1/s1. The summed E-state index contributed by atoms with van der Waals surface area (Å²) in [5.41, 5.74) is 5.20. The highest BCUT2D eigenvalue weighted by Gasteiger charge is 2.31. The summed E-state index contributed by atoms with van der Waals surface area (Å²) >= 11 is 0. The van der Waals surface area contributed by atoms with Crippen LogP contribution < -0.4 is 5.73 Å². The minimum Gasteiger partial charge on any atom is -0.391 e. The van der Waals surface area contributed by atoms with Gasteiger partial charge in [0.15, 0.2) is 9.84 Å². The van der Waals surface area contributed by atoms with Crippen molar-refractivity contribution >= 4 is 9.84 Å². The van der Waals surface area contributed by atoms with E-state index in [1.165, 1.54) is 0 Å². The molecule has 0 saturated carbocycles. The summed E-state index contributed by atoms with van der Waals surface area (Å²) in [6.07, 6.45) is -0.0898. The first-order valence-corrected chi connectivity index (χ1v) is 5.46. The monoisotopic (exact) mass is 179 g/mol. The zero-order valence-electron chi connectivity index (χ0n) is 6.23. The van der Waals surface area contributed by atoms with Crippen LogP contribution in [0.1, 0.15) is 6.42 Å². The van der Waals surface area contributed by atoms with Crippen LogP contribution in [-0.2, 0) is 9.84 Å². The van der Waals surface area contributed by atoms with Crippen molar-refractivity contribution in [2.75, 3.05) is 18.1 Å². The maximum atomic E-state index is 10.9. The second-order valence-electron chi connectivity index (χ2n) is 2.97. The predicted molar refractivity (Wildman–Crippen MR) is 41.8 cm³/mol. The minimum absolute atomic E-state index is 0.103. The summed E-state index contributed by atoms with van der Waals surface area (Å²) in [6.45, 7) is 0.153. The number of nitrogens with two attached hydrogens (primary N) is 1. The Morgan fingerprint density at radius 3 is 2.64 bits per heavy atom. The van der Waals surface area contributed by atoms with Gasteiger partial charge in [0.05, 0.1) is 17.6 Å². The Labute approximate surface area is 66.3 Å². The molecule has 0 aromatic carbocycles. The molecule has 1 saturated heterocycles. The summed E-state index contributed by atoms with van der Waals surface area (Å²) < 4.78 is 21.8. The Morgan fingerprint density at radius 2 is 2.27 bits per heavy atom. The van der Waals surface area contributed by atoms with Gasteiger partial charge in [-0.15, -0.1) is 0 Å². The molecule has 0 aliphatic carbocycles. The van der Waals surface area contributed by atoms with Crippen LogP contribution in [0, 0.1) is 5.92 Å². The SMILES string of the molecule is NC[C@@H](O)C1CCS(=O)(=O)C1. The average Bonchev–Trinajstić information content (AvgIpc) is 2.29. The number of aliphatic hydroxyl groups excluding tert-OH is 1. The lowest BCUT2D eigenvalue weighted by Crippen LogP contribution is -2.29. The normalized spacial score (nSPS) is 32.0. The molecule has 0 spiro atoms. The van der Waals surface area contributed by atoms with E-state index in [2.05, 4.69) is 0 Å². The second-order valence-corrected chi connectivity index (χ2v) is 5.19. The maximum absolute atomic E-state index is 10.9. The van der Waals surface area contributed by atoms with Gasteiger partial charge in [-0.3, -0.25) is 0 Å². The number of sulfone groups is 1. The van der Waals surface area contributed by atoms with Gasteiger partial charge < -0.3 is 10.8 Å². The molecule has 1 heterocycles. The van der Waals surface area contributed by atoms with Crippen LogP contribution in [0.3, 0.4) is 0 Å². The van der Waals surface area contributed by atoms with Gasteiger partial charge in [0, 0.05) is 12.5 Å². The smallest absolute Gasteiger partial charge is 0.150 e. The van der Waals surface area contributed by atoms with Gasteiger partial charge in [-0.2, -0.15) is 0 Å². The first kappa shape index (κ1) is 8.96. The molecule has 1 aliphatic heterocycles. The first-order chi connectivity index (χ1) is 5.05. The van der Waals surface area contributed by atoms with Gasteiger partial charge in [-0.05, 0) is 6.42 Å². The highest BCUT2D eigenvalue weighted by atomic mass is 32.2. The number of aliphatic hydroxyl groups is 1. The molecule has 1 aliphatic rings. The molecule has 4 nitrogen and oxygen atoms in total. The third kappa shape index (κ3) is 2.15. The molecular weight excluding hydrogens is 166 g/mol. The van der Waals surface area contributed by atoms with Crippen LogP contribution in [0.25, 0.3) is 0 Å². The molecule has 2 atom stereocenters. The van der Waals surface area contributed by atoms with E-state index >= 15 is 0 Å². The van der Waals surface area contributed by atoms with Crippen molar-refractivity contribution in [3.63, 3.8) is 0 Å². The molecule has 0 radical (unpaired) electrons. The quantitative estimate of drug-likeness (QED) is 0.554. The van der Waals surface area contributed by atoms with E-state index in [0.29, 0.717) is 6.42 Å². The van der Waals surface area contributed by atoms with Crippen LogP contribution in [0.15, 0.2) is 0 Å². The Morgan fingerprint density at radius 1 is 1.64 bits per heavy atom. The zero-order chi connectivity index (χ0) is 8.48. The molecule has 0 aromatic rings. The zero-order valence-corrected chi connectivity index (χ0v) is 7.05. The molecule has 5 heteroatoms. The van der Waals surface area contributed by atoms with Gasteiger partial charge in [0.25, 0.3) is 0 Å². The van der Waals surface area contributed by atoms with Crippen molar-refractivity contribution in [3.05, 3.63) is 0 Å². The van der Waals surface area contributed by atoms with Crippen molar-refractivity contribution in [3.8, 4) is 0 Å². The van der Waals surface area contributed by atoms with E-state index in [-0.39, 0.29) is 24.0 Å². The number of hydrogen-bond acceptors (Lipinski definition) is 4. The molecular formula is C6H13NO3S. The summed E-state index contributed by atoms with van der Waals surface area (Å²) in [7, 11) is -2.87. The highest BCUT2D eigenvalue weighted by Crippen LogP contribution is 2.20. The fourth-order valence-corrected chi connectivity index (χ4v) is 3.19. The van der Waals surface area contributed by atoms with E-state index in [9.17, 15) is 13.5 Å². The summed E-state index contributed by atoms with van der Waals surface area (Å²) in [5, 5.41) is 9.20. The Bertz CT molecular complexity index is 224. The average molecular weight is 179 g/mol. The maximum Gasteiger partial charge on any atom is 0.150 e. The molecule has 1 fully saturated rings. The largest absolute Gasteiger partial charge is 0.391 e. The molecule has 0 aromatic heterocycles. The lowest BCUT2D eigenvalue weighted by atomic mass is 10.0. The second kappa shape index (κ2) is 3.08. The van der Waals surface area contributed by atoms with Gasteiger partial charge in [-0.25, -0.2) is 8.42 Å². The minimum atomic E-state index is -2.87. The van der Waals surface area contributed by atoms with Crippen molar-refractivity contribution in [2.45, 2.75) is 12.5 Å². The third-order valence-corrected chi connectivity index (χ3v) is 3.85.